The first kappa shape index (κ1) is 21.9. The van der Waals surface area contributed by atoms with E-state index in [0.29, 0.717) is 34.1 Å². The number of Topliss-reactive ketones (excluding diaryl/α,β-unsaturated/α-hetero) is 1. The number of carbonyl (C=O) groups is 1. The number of thioether (sulfide) groups is 1. The molecule has 0 fully saturated rings. The van der Waals surface area contributed by atoms with Crippen molar-refractivity contribution in [3.63, 3.8) is 0 Å². The molecule has 0 spiro atoms. The third-order valence-corrected chi connectivity index (χ3v) is 6.77. The van der Waals surface area contributed by atoms with Crippen molar-refractivity contribution in [1.82, 2.24) is 0 Å². The largest absolute Gasteiger partial charge is 0.508 e. The average molecular weight is 475 g/mol. The van der Waals surface area contributed by atoms with Crippen LogP contribution in [0.1, 0.15) is 32.3 Å². The minimum Gasteiger partial charge on any atom is -0.508 e. The van der Waals surface area contributed by atoms with E-state index < -0.39 is 5.25 Å². The van der Waals surface area contributed by atoms with Crippen LogP contribution in [0.2, 0.25) is 0 Å². The third kappa shape index (κ3) is 5.53. The lowest BCUT2D eigenvalue weighted by molar-refractivity contribution is 0.0989. The van der Waals surface area contributed by atoms with Gasteiger partial charge in [-0.15, -0.1) is 11.8 Å². The number of hydrogen-bond donors (Lipinski definition) is 3. The molecule has 4 aromatic rings. The summed E-state index contributed by atoms with van der Waals surface area (Å²) < 4.78 is 12.9. The Hall–Kier alpha value is -3.90. The van der Waals surface area contributed by atoms with E-state index in [-0.39, 0.29) is 17.3 Å². The molecule has 3 N–H and O–H groups in total. The summed E-state index contributed by atoms with van der Waals surface area (Å²) in [6, 6.07) is 25.9. The first-order valence-electron chi connectivity index (χ1n) is 11.1. The molecular weight excluding hydrogens is 448 g/mol. The molecule has 1 atom stereocenters. The first-order valence-corrected chi connectivity index (χ1v) is 11.6. The fourth-order valence-corrected chi connectivity index (χ4v) is 4.71. The van der Waals surface area contributed by atoms with E-state index in [4.69, 9.17) is 6.17 Å². The third-order valence-electron chi connectivity index (χ3n) is 5.29. The molecule has 0 aliphatic rings. The highest BCUT2D eigenvalue weighted by atomic mass is 32.2. The minimum atomic E-state index is -0.681. The molecule has 5 nitrogen and oxygen atoms in total. The van der Waals surface area contributed by atoms with Gasteiger partial charge in [0.25, 0.3) is 1.43 Å². The van der Waals surface area contributed by atoms with Gasteiger partial charge >= 0.3 is 0 Å². The van der Waals surface area contributed by atoms with Crippen molar-refractivity contribution < 1.29 is 24.9 Å². The fourth-order valence-electron chi connectivity index (χ4n) is 3.51. The number of aryl methyl sites for hydroxylation is 1. The molecule has 0 radical (unpaired) electrons. The zero-order chi connectivity index (χ0) is 24.8. The quantitative estimate of drug-likeness (QED) is 0.192. The van der Waals surface area contributed by atoms with Crippen LogP contribution < -0.4 is 4.74 Å². The van der Waals surface area contributed by atoms with Gasteiger partial charge in [0, 0.05) is 11.6 Å². The Labute approximate surface area is 203 Å². The van der Waals surface area contributed by atoms with Crippen molar-refractivity contribution in [2.24, 2.45) is 0 Å². The normalized spacial score (nSPS) is 12.0. The lowest BCUT2D eigenvalue weighted by Gasteiger charge is -2.19. The summed E-state index contributed by atoms with van der Waals surface area (Å²) in [6.07, 6.45) is 0. The zero-order valence-electron chi connectivity index (χ0n) is 19.5. The smallest absolute Gasteiger partial charge is 0.293 e. The number of phenols is 3. The topological polar surface area (TPSA) is 87.0 Å². The van der Waals surface area contributed by atoms with Crippen LogP contribution in [0.3, 0.4) is 0 Å². The molecule has 172 valence electrons. The van der Waals surface area contributed by atoms with E-state index in [0.717, 1.165) is 11.1 Å². The second-order valence-corrected chi connectivity index (χ2v) is 8.96. The van der Waals surface area contributed by atoms with Crippen LogP contribution in [-0.2, 0) is 6.61 Å². The van der Waals surface area contributed by atoms with Gasteiger partial charge in [0.1, 0.15) is 29.6 Å². The predicted octanol–water partition coefficient (Wildman–Crippen LogP) is 6.41. The molecule has 34 heavy (non-hydrogen) atoms. The van der Waals surface area contributed by atoms with E-state index in [1.807, 2.05) is 43.3 Å². The Balaban J connectivity index is 1.62. The lowest BCUT2D eigenvalue weighted by atomic mass is 10.0. The van der Waals surface area contributed by atoms with Gasteiger partial charge in [0.05, 0.1) is 10.1 Å². The van der Waals surface area contributed by atoms with Gasteiger partial charge in [-0.25, -0.2) is 0 Å². The highest BCUT2D eigenvalue weighted by Crippen LogP contribution is 2.45. The van der Waals surface area contributed by atoms with Crippen LogP contribution in [0.15, 0.2) is 95.9 Å². The summed E-state index contributed by atoms with van der Waals surface area (Å²) in [6.45, 7) is 2.23. The molecule has 0 heterocycles. The minimum absolute atomic E-state index is 0.0210. The second-order valence-electron chi connectivity index (χ2n) is 7.84. The van der Waals surface area contributed by atoms with E-state index in [1.165, 1.54) is 23.9 Å². The fraction of sp³-hybridized carbons (Fsp3) is 0.107. The number of phenolic OH excluding ortho intramolecular Hbond substituents is 3. The number of rotatable bonds is 9. The van der Waals surface area contributed by atoms with Gasteiger partial charge in [0.2, 0.25) is 0 Å². The van der Waals surface area contributed by atoms with Crippen LogP contribution >= 0.6 is 11.8 Å². The Kier molecular flexibility index (Phi) is 6.68. The number of ether oxygens (including phenoxy) is 1. The summed E-state index contributed by atoms with van der Waals surface area (Å²) in [5.74, 6) is 0.799. The van der Waals surface area contributed by atoms with Gasteiger partial charge in [0.15, 0.2) is 5.78 Å². The summed E-state index contributed by atoms with van der Waals surface area (Å²) in [5, 5.41) is 24.3. The predicted molar refractivity (Wildman–Crippen MR) is 133 cm³/mol. The molecule has 4 rings (SSSR count). The number of benzene rings is 4. The average Bonchev–Trinajstić information content (AvgIpc) is 2.88. The van der Waals surface area contributed by atoms with Crippen molar-refractivity contribution in [2.45, 2.75) is 23.7 Å². The lowest BCUT2D eigenvalue weighted by Crippen LogP contribution is -2.10. The SMILES string of the molecule is [3H]Oc1ccc(C(Sc2c(C)cc(OCc3ccccc3)cc2O)C(=O)c2ccc(O)cc2)cc1. The molecular formula is C28H24O5S. The molecule has 0 bridgehead atoms. The summed E-state index contributed by atoms with van der Waals surface area (Å²) in [4.78, 5) is 14.1. The van der Waals surface area contributed by atoms with Crippen LogP contribution in [0.5, 0.6) is 23.0 Å². The maximum atomic E-state index is 13.5. The second kappa shape index (κ2) is 10.4. The molecule has 0 aliphatic carbocycles. The molecule has 1 unspecified atom stereocenters. The molecule has 4 aromatic carbocycles. The monoisotopic (exact) mass is 474 g/mol. The Morgan fingerprint density at radius 2 is 1.62 bits per heavy atom. The molecule has 6 heteroatoms. The van der Waals surface area contributed by atoms with Gasteiger partial charge in [-0.3, -0.25) is 4.79 Å². The summed E-state index contributed by atoms with van der Waals surface area (Å²) in [5.41, 5.74) is 2.91. The van der Waals surface area contributed by atoms with E-state index in [2.05, 4.69) is 5.11 Å². The molecule has 0 saturated heterocycles. The van der Waals surface area contributed by atoms with Gasteiger partial charge in [-0.1, -0.05) is 42.5 Å². The number of aromatic hydroxyl groups is 3. The standard InChI is InChI=1S/C28H24O5S/c1-18-15-24(33-17-19-5-3-2-4-6-19)16-25(31)27(18)34-28(21-9-13-23(30)14-10-21)26(32)20-7-11-22(29)12-8-20/h2-16,28-31H,17H2,1H3/i/hT. The van der Waals surface area contributed by atoms with Crippen LogP contribution in [0.25, 0.3) is 0 Å². The summed E-state index contributed by atoms with van der Waals surface area (Å²) in [7, 11) is 0. The van der Waals surface area contributed by atoms with Crippen molar-refractivity contribution in [3.05, 3.63) is 113 Å². The van der Waals surface area contributed by atoms with Crippen LogP contribution in [0.4, 0.5) is 0 Å². The van der Waals surface area contributed by atoms with E-state index in [9.17, 15) is 15.0 Å². The Morgan fingerprint density at radius 1 is 0.941 bits per heavy atom. The van der Waals surface area contributed by atoms with Crippen molar-refractivity contribution in [1.29, 1.82) is 1.43 Å². The molecule has 0 aliphatic heterocycles. The first-order chi connectivity index (χ1) is 16.9. The highest BCUT2D eigenvalue weighted by molar-refractivity contribution is 8.00. The summed E-state index contributed by atoms with van der Waals surface area (Å²) >= 11 is 1.23. The molecule has 0 saturated carbocycles. The maximum Gasteiger partial charge on any atom is 0.293 e. The van der Waals surface area contributed by atoms with Crippen molar-refractivity contribution in [3.8, 4) is 23.0 Å². The highest BCUT2D eigenvalue weighted by Gasteiger charge is 2.26. The Morgan fingerprint density at radius 3 is 2.26 bits per heavy atom. The van der Waals surface area contributed by atoms with Crippen LogP contribution in [-0.4, -0.2) is 22.5 Å². The van der Waals surface area contributed by atoms with Gasteiger partial charge < -0.3 is 20.1 Å². The van der Waals surface area contributed by atoms with Crippen molar-refractivity contribution in [2.75, 3.05) is 0 Å². The Bertz CT molecular complexity index is 1270. The van der Waals surface area contributed by atoms with E-state index >= 15 is 0 Å². The van der Waals surface area contributed by atoms with Crippen molar-refractivity contribution >= 4 is 17.5 Å². The molecule has 0 amide bonds. The van der Waals surface area contributed by atoms with E-state index in [1.54, 1.807) is 42.5 Å². The van der Waals surface area contributed by atoms with Crippen LogP contribution in [0, 0.1) is 6.92 Å². The maximum absolute atomic E-state index is 13.5. The zero-order valence-corrected chi connectivity index (χ0v) is 19.3. The number of hydrogen-bond acceptors (Lipinski definition) is 6. The number of ketones is 1. The number of carbonyl (C=O) groups excluding carboxylic acids is 1. The molecule has 0 aromatic heterocycles. The van der Waals surface area contributed by atoms with Gasteiger partial charge in [-0.05, 0) is 66.1 Å². The van der Waals surface area contributed by atoms with Gasteiger partial charge in [-0.2, -0.15) is 0 Å².